The zero-order valence-corrected chi connectivity index (χ0v) is 11.1. The van der Waals surface area contributed by atoms with Gasteiger partial charge in [0.05, 0.1) is 17.3 Å². The monoisotopic (exact) mass is 310 g/mol. The lowest BCUT2D eigenvalue weighted by Crippen LogP contribution is -2.19. The summed E-state index contributed by atoms with van der Waals surface area (Å²) in [5.74, 6) is -1.50. The highest BCUT2D eigenvalue weighted by atomic mass is 19.4. The molecule has 0 aromatic heterocycles. The van der Waals surface area contributed by atoms with Gasteiger partial charge in [-0.2, -0.15) is 18.3 Å². The van der Waals surface area contributed by atoms with E-state index in [4.69, 9.17) is 0 Å². The van der Waals surface area contributed by atoms with Gasteiger partial charge in [0.25, 0.3) is 5.91 Å². The molecule has 0 aliphatic rings. The molecule has 3 nitrogen and oxygen atoms in total. The number of carbonyl (C=O) groups excluding carboxylic acids is 1. The summed E-state index contributed by atoms with van der Waals surface area (Å²) < 4.78 is 50.9. The highest BCUT2D eigenvalue weighted by Crippen LogP contribution is 2.29. The number of alkyl halides is 3. The molecule has 2 aromatic carbocycles. The zero-order chi connectivity index (χ0) is 16.2. The second kappa shape index (κ2) is 6.38. The van der Waals surface area contributed by atoms with Crippen LogP contribution in [0.5, 0.6) is 0 Å². The van der Waals surface area contributed by atoms with Crippen molar-refractivity contribution in [1.82, 2.24) is 5.43 Å². The van der Waals surface area contributed by atoms with Crippen molar-refractivity contribution in [2.45, 2.75) is 6.18 Å². The van der Waals surface area contributed by atoms with Crippen molar-refractivity contribution in [1.29, 1.82) is 0 Å². The molecule has 0 spiro atoms. The molecule has 0 aliphatic carbocycles. The first-order chi connectivity index (χ1) is 10.4. The Balaban J connectivity index is 2.07. The third kappa shape index (κ3) is 3.91. The van der Waals surface area contributed by atoms with Crippen LogP contribution in [0, 0.1) is 5.82 Å². The van der Waals surface area contributed by atoms with E-state index in [1.54, 1.807) is 0 Å². The fourth-order valence-corrected chi connectivity index (χ4v) is 1.67. The lowest BCUT2D eigenvalue weighted by molar-refractivity contribution is -0.137. The van der Waals surface area contributed by atoms with Crippen LogP contribution in [0.1, 0.15) is 21.5 Å². The Morgan fingerprint density at radius 1 is 1.09 bits per heavy atom. The maximum atomic E-state index is 13.3. The molecule has 114 valence electrons. The molecule has 2 rings (SSSR count). The number of nitrogens with zero attached hydrogens (tertiary/aromatic N) is 1. The van der Waals surface area contributed by atoms with E-state index in [0.717, 1.165) is 24.4 Å². The van der Waals surface area contributed by atoms with Gasteiger partial charge in [0.15, 0.2) is 0 Å². The predicted molar refractivity (Wildman–Crippen MR) is 72.9 cm³/mol. The molecule has 0 heterocycles. The number of carbonyl (C=O) groups is 1. The average Bonchev–Trinajstić information content (AvgIpc) is 2.47. The van der Waals surface area contributed by atoms with Crippen LogP contribution in [-0.4, -0.2) is 12.1 Å². The maximum absolute atomic E-state index is 13.3. The Bertz CT molecular complexity index is 711. The quantitative estimate of drug-likeness (QED) is 0.525. The molecular formula is C15H10F4N2O. The molecule has 0 unspecified atom stereocenters. The number of hydrazone groups is 1. The van der Waals surface area contributed by atoms with Crippen molar-refractivity contribution < 1.29 is 22.4 Å². The van der Waals surface area contributed by atoms with Gasteiger partial charge in [0.1, 0.15) is 5.82 Å². The summed E-state index contributed by atoms with van der Waals surface area (Å²) in [5.41, 5.74) is 1.18. The van der Waals surface area contributed by atoms with Crippen LogP contribution in [0.3, 0.4) is 0 Å². The van der Waals surface area contributed by atoms with Crippen LogP contribution in [0.25, 0.3) is 0 Å². The van der Waals surface area contributed by atoms with Crippen LogP contribution in [0.4, 0.5) is 17.6 Å². The molecule has 0 atom stereocenters. The van der Waals surface area contributed by atoms with Crippen molar-refractivity contribution >= 4 is 12.1 Å². The van der Waals surface area contributed by atoms with Gasteiger partial charge < -0.3 is 0 Å². The van der Waals surface area contributed by atoms with E-state index in [0.29, 0.717) is 0 Å². The van der Waals surface area contributed by atoms with Crippen molar-refractivity contribution in [3.05, 3.63) is 71.0 Å². The summed E-state index contributed by atoms with van der Waals surface area (Å²) >= 11 is 0. The molecule has 1 N–H and O–H groups in total. The largest absolute Gasteiger partial charge is 0.416 e. The minimum absolute atomic E-state index is 0.156. The molecule has 2 aromatic rings. The van der Waals surface area contributed by atoms with E-state index in [9.17, 15) is 22.4 Å². The fraction of sp³-hybridized carbons (Fsp3) is 0.0667. The van der Waals surface area contributed by atoms with Gasteiger partial charge in [0.2, 0.25) is 0 Å². The number of amides is 1. The van der Waals surface area contributed by atoms with Gasteiger partial charge in [-0.25, -0.2) is 9.82 Å². The van der Waals surface area contributed by atoms with Crippen molar-refractivity contribution in [3.63, 3.8) is 0 Å². The van der Waals surface area contributed by atoms with Crippen LogP contribution in [0.2, 0.25) is 0 Å². The molecule has 22 heavy (non-hydrogen) atoms. The lowest BCUT2D eigenvalue weighted by atomic mass is 10.1. The van der Waals surface area contributed by atoms with Gasteiger partial charge in [-0.15, -0.1) is 0 Å². The second-order valence-corrected chi connectivity index (χ2v) is 4.30. The smallest absolute Gasteiger partial charge is 0.267 e. The van der Waals surface area contributed by atoms with Gasteiger partial charge in [0, 0.05) is 0 Å². The van der Waals surface area contributed by atoms with Crippen LogP contribution >= 0.6 is 0 Å². The number of rotatable bonds is 3. The lowest BCUT2D eigenvalue weighted by Gasteiger charge is -2.06. The molecule has 0 fully saturated rings. The van der Waals surface area contributed by atoms with Gasteiger partial charge in [-0.05, 0) is 29.8 Å². The van der Waals surface area contributed by atoms with Crippen molar-refractivity contribution in [2.75, 3.05) is 0 Å². The molecule has 0 bridgehead atoms. The normalized spacial score (nSPS) is 11.6. The third-order valence-electron chi connectivity index (χ3n) is 2.71. The van der Waals surface area contributed by atoms with E-state index in [1.807, 2.05) is 0 Å². The van der Waals surface area contributed by atoms with E-state index >= 15 is 0 Å². The highest BCUT2D eigenvalue weighted by Gasteiger charge is 2.30. The number of hydrogen-bond acceptors (Lipinski definition) is 2. The molecule has 0 aliphatic heterocycles. The number of hydrogen-bond donors (Lipinski definition) is 1. The van der Waals surface area contributed by atoms with E-state index in [2.05, 4.69) is 10.5 Å². The van der Waals surface area contributed by atoms with Crippen LogP contribution in [-0.2, 0) is 6.18 Å². The Morgan fingerprint density at radius 3 is 2.50 bits per heavy atom. The molecule has 7 heteroatoms. The maximum Gasteiger partial charge on any atom is 0.416 e. The van der Waals surface area contributed by atoms with Crippen LogP contribution in [0.15, 0.2) is 53.6 Å². The third-order valence-corrected chi connectivity index (χ3v) is 2.71. The zero-order valence-electron chi connectivity index (χ0n) is 11.1. The fourth-order valence-electron chi connectivity index (χ4n) is 1.67. The van der Waals surface area contributed by atoms with Gasteiger partial charge >= 0.3 is 6.18 Å². The van der Waals surface area contributed by atoms with E-state index in [-0.39, 0.29) is 11.1 Å². The minimum Gasteiger partial charge on any atom is -0.267 e. The second-order valence-electron chi connectivity index (χ2n) is 4.30. The Hall–Kier alpha value is -2.70. The number of halogens is 4. The van der Waals surface area contributed by atoms with E-state index < -0.39 is 23.5 Å². The summed E-state index contributed by atoms with van der Waals surface area (Å²) in [7, 11) is 0. The van der Waals surface area contributed by atoms with Crippen molar-refractivity contribution in [3.8, 4) is 0 Å². The molecule has 0 radical (unpaired) electrons. The first-order valence-corrected chi connectivity index (χ1v) is 6.13. The first kappa shape index (κ1) is 15.7. The van der Waals surface area contributed by atoms with Gasteiger partial charge in [-0.1, -0.05) is 24.3 Å². The Labute approximate surface area is 123 Å². The van der Waals surface area contributed by atoms with Crippen LogP contribution < -0.4 is 5.43 Å². The van der Waals surface area contributed by atoms with E-state index in [1.165, 1.54) is 30.3 Å². The predicted octanol–water partition coefficient (Wildman–Crippen LogP) is 3.61. The SMILES string of the molecule is O=C(N/N=C/c1cccc(C(F)(F)F)c1)c1ccccc1F. The molecule has 0 saturated carbocycles. The summed E-state index contributed by atoms with van der Waals surface area (Å²) in [6.45, 7) is 0. The summed E-state index contributed by atoms with van der Waals surface area (Å²) in [5, 5.41) is 3.52. The standard InChI is InChI=1S/C15H10F4N2O/c16-13-7-2-1-6-12(13)14(22)21-20-9-10-4-3-5-11(8-10)15(17,18)19/h1-9H,(H,21,22)/b20-9+. The van der Waals surface area contributed by atoms with Gasteiger partial charge in [-0.3, -0.25) is 4.79 Å². The summed E-state index contributed by atoms with van der Waals surface area (Å²) in [6, 6.07) is 9.73. The molecule has 1 amide bonds. The van der Waals surface area contributed by atoms with Crippen molar-refractivity contribution in [2.24, 2.45) is 5.10 Å². The summed E-state index contributed by atoms with van der Waals surface area (Å²) in [4.78, 5) is 11.6. The average molecular weight is 310 g/mol. The first-order valence-electron chi connectivity index (χ1n) is 6.13. The summed E-state index contributed by atoms with van der Waals surface area (Å²) in [6.07, 6.45) is -3.41. The Kier molecular flexibility index (Phi) is 4.55. The topological polar surface area (TPSA) is 41.5 Å². The molecular weight excluding hydrogens is 300 g/mol. The number of nitrogens with one attached hydrogen (secondary N) is 1. The minimum atomic E-state index is -4.46. The molecule has 0 saturated heterocycles. The number of benzene rings is 2. The highest BCUT2D eigenvalue weighted by molar-refractivity contribution is 5.95. The Morgan fingerprint density at radius 2 is 1.82 bits per heavy atom.